The Morgan fingerprint density at radius 2 is 2.17 bits per heavy atom. The number of nitrogens with zero attached hydrogens (tertiary/aromatic N) is 3. The Hall–Kier alpha value is -2.70. The lowest BCUT2D eigenvalue weighted by molar-refractivity contribution is 0.0698. The first-order valence-electron chi connectivity index (χ1n) is 5.06. The molecule has 0 bridgehead atoms. The number of carboxylic acids is 1. The molecular formula is C11H10N4O3. The molecule has 0 unspecified atom stereocenters. The summed E-state index contributed by atoms with van der Waals surface area (Å²) < 4.78 is 1.29. The first-order chi connectivity index (χ1) is 8.59. The van der Waals surface area contributed by atoms with Gasteiger partial charge in [-0.15, -0.1) is 0 Å². The van der Waals surface area contributed by atoms with Gasteiger partial charge in [-0.05, 0) is 12.1 Å². The van der Waals surface area contributed by atoms with Crippen LogP contribution in [0.2, 0.25) is 0 Å². The number of carboxylic acid groups (broad SMARTS) is 1. The molecule has 1 amide bonds. The number of hydrogen-bond donors (Lipinski definition) is 2. The maximum Gasteiger partial charge on any atom is 0.341 e. The molecule has 0 aliphatic heterocycles. The number of aromatic carboxylic acids is 1. The van der Waals surface area contributed by atoms with Crippen molar-refractivity contribution in [2.75, 3.05) is 5.32 Å². The van der Waals surface area contributed by atoms with E-state index in [1.54, 1.807) is 25.4 Å². The molecule has 2 aromatic heterocycles. The zero-order chi connectivity index (χ0) is 13.1. The zero-order valence-electron chi connectivity index (χ0n) is 9.49. The molecule has 0 saturated carbocycles. The Labute approximate surface area is 102 Å². The third-order valence-electron chi connectivity index (χ3n) is 2.32. The molecule has 0 fully saturated rings. The summed E-state index contributed by atoms with van der Waals surface area (Å²) >= 11 is 0. The molecule has 7 heteroatoms. The summed E-state index contributed by atoms with van der Waals surface area (Å²) in [4.78, 5) is 26.6. The van der Waals surface area contributed by atoms with Gasteiger partial charge >= 0.3 is 5.97 Å². The van der Waals surface area contributed by atoms with E-state index in [0.717, 1.165) is 0 Å². The van der Waals surface area contributed by atoms with Gasteiger partial charge in [0.25, 0.3) is 5.91 Å². The van der Waals surface area contributed by atoms with Gasteiger partial charge in [0.15, 0.2) is 0 Å². The summed E-state index contributed by atoms with van der Waals surface area (Å²) in [6.07, 6.45) is 4.12. The first kappa shape index (κ1) is 11.8. The number of pyridine rings is 1. The van der Waals surface area contributed by atoms with Gasteiger partial charge in [-0.2, -0.15) is 5.10 Å². The topological polar surface area (TPSA) is 97.1 Å². The summed E-state index contributed by atoms with van der Waals surface area (Å²) in [7, 11) is 1.55. The van der Waals surface area contributed by atoms with Crippen LogP contribution in [0.15, 0.2) is 30.7 Å². The van der Waals surface area contributed by atoms with E-state index in [1.165, 1.54) is 17.1 Å². The fraction of sp³-hybridized carbons (Fsp3) is 0.0909. The van der Waals surface area contributed by atoms with E-state index in [0.29, 0.717) is 5.56 Å². The number of amides is 1. The lowest BCUT2D eigenvalue weighted by atomic mass is 10.2. The molecule has 92 valence electrons. The van der Waals surface area contributed by atoms with E-state index < -0.39 is 11.9 Å². The van der Waals surface area contributed by atoms with Gasteiger partial charge in [0.1, 0.15) is 11.4 Å². The number of hydrogen-bond acceptors (Lipinski definition) is 4. The second-order valence-corrected chi connectivity index (χ2v) is 3.53. The quantitative estimate of drug-likeness (QED) is 0.833. The monoisotopic (exact) mass is 246 g/mol. The highest BCUT2D eigenvalue weighted by Crippen LogP contribution is 2.14. The van der Waals surface area contributed by atoms with Crippen molar-refractivity contribution in [3.63, 3.8) is 0 Å². The number of carbonyl (C=O) groups excluding carboxylic acids is 1. The van der Waals surface area contributed by atoms with Crippen molar-refractivity contribution in [2.24, 2.45) is 7.05 Å². The molecule has 0 radical (unpaired) electrons. The van der Waals surface area contributed by atoms with Crippen molar-refractivity contribution in [3.8, 4) is 0 Å². The Balaban J connectivity index is 2.27. The van der Waals surface area contributed by atoms with Crippen LogP contribution in [0.1, 0.15) is 20.7 Å². The van der Waals surface area contributed by atoms with E-state index in [9.17, 15) is 9.59 Å². The fourth-order valence-corrected chi connectivity index (χ4v) is 1.42. The molecular weight excluding hydrogens is 236 g/mol. The Bertz CT molecular complexity index is 592. The smallest absolute Gasteiger partial charge is 0.341 e. The van der Waals surface area contributed by atoms with E-state index in [1.807, 2.05) is 0 Å². The third-order valence-corrected chi connectivity index (χ3v) is 2.32. The molecule has 7 nitrogen and oxygen atoms in total. The minimum atomic E-state index is -1.15. The highest BCUT2D eigenvalue weighted by Gasteiger charge is 2.17. The largest absolute Gasteiger partial charge is 0.477 e. The van der Waals surface area contributed by atoms with E-state index in [2.05, 4.69) is 15.4 Å². The third kappa shape index (κ3) is 2.19. The number of rotatable bonds is 3. The van der Waals surface area contributed by atoms with Crippen molar-refractivity contribution in [2.45, 2.75) is 0 Å². The van der Waals surface area contributed by atoms with Crippen LogP contribution in [0.4, 0.5) is 5.82 Å². The second-order valence-electron chi connectivity index (χ2n) is 3.53. The van der Waals surface area contributed by atoms with Gasteiger partial charge in [-0.1, -0.05) is 0 Å². The maximum absolute atomic E-state index is 11.9. The van der Waals surface area contributed by atoms with Crippen LogP contribution in [0.25, 0.3) is 0 Å². The van der Waals surface area contributed by atoms with Crippen LogP contribution in [0.3, 0.4) is 0 Å². The second kappa shape index (κ2) is 4.66. The van der Waals surface area contributed by atoms with Crippen molar-refractivity contribution in [3.05, 3.63) is 41.9 Å². The number of nitrogens with one attached hydrogen (secondary N) is 1. The molecule has 0 saturated heterocycles. The Morgan fingerprint density at radius 3 is 2.78 bits per heavy atom. The number of anilines is 1. The van der Waals surface area contributed by atoms with Crippen LogP contribution in [0, 0.1) is 0 Å². The standard InChI is InChI=1S/C11H10N4O3/c1-15-9(8(6-13-15)11(17)18)14-10(16)7-3-2-4-12-5-7/h2-6H,1H3,(H,14,16)(H,17,18). The van der Waals surface area contributed by atoms with Crippen molar-refractivity contribution in [1.82, 2.24) is 14.8 Å². The summed E-state index contributed by atoms with van der Waals surface area (Å²) in [6.45, 7) is 0. The highest BCUT2D eigenvalue weighted by atomic mass is 16.4. The minimum Gasteiger partial charge on any atom is -0.477 e. The predicted octanol–water partition coefficient (Wildman–Crippen LogP) is 0.766. The van der Waals surface area contributed by atoms with Crippen LogP contribution < -0.4 is 5.32 Å². The molecule has 2 N–H and O–H groups in total. The highest BCUT2D eigenvalue weighted by molar-refractivity contribution is 6.06. The molecule has 2 heterocycles. The average molecular weight is 246 g/mol. The summed E-state index contributed by atoms with van der Waals surface area (Å²) in [5.74, 6) is -1.45. The van der Waals surface area contributed by atoms with Gasteiger partial charge in [-0.25, -0.2) is 4.79 Å². The zero-order valence-corrected chi connectivity index (χ0v) is 9.49. The van der Waals surface area contributed by atoms with Gasteiger partial charge in [0.05, 0.1) is 11.8 Å². The van der Waals surface area contributed by atoms with E-state index in [-0.39, 0.29) is 11.4 Å². The van der Waals surface area contributed by atoms with Crippen molar-refractivity contribution < 1.29 is 14.7 Å². The molecule has 0 atom stereocenters. The van der Waals surface area contributed by atoms with Crippen LogP contribution in [-0.4, -0.2) is 31.7 Å². The average Bonchev–Trinajstić information content (AvgIpc) is 2.72. The molecule has 2 rings (SSSR count). The fourth-order valence-electron chi connectivity index (χ4n) is 1.42. The van der Waals surface area contributed by atoms with Gasteiger partial charge in [0.2, 0.25) is 0 Å². The predicted molar refractivity (Wildman–Crippen MR) is 62.4 cm³/mol. The number of aryl methyl sites for hydroxylation is 1. The molecule has 18 heavy (non-hydrogen) atoms. The summed E-state index contributed by atoms with van der Waals surface area (Å²) in [5.41, 5.74) is 0.282. The first-order valence-corrected chi connectivity index (χ1v) is 5.06. The van der Waals surface area contributed by atoms with Crippen LogP contribution in [-0.2, 0) is 7.05 Å². The van der Waals surface area contributed by atoms with Gasteiger partial charge in [0, 0.05) is 19.4 Å². The Kier molecular flexibility index (Phi) is 3.05. The van der Waals surface area contributed by atoms with Crippen molar-refractivity contribution in [1.29, 1.82) is 0 Å². The molecule has 0 aliphatic carbocycles. The number of carbonyl (C=O) groups is 2. The van der Waals surface area contributed by atoms with E-state index in [4.69, 9.17) is 5.11 Å². The number of aromatic nitrogens is 3. The van der Waals surface area contributed by atoms with Crippen LogP contribution >= 0.6 is 0 Å². The molecule has 2 aromatic rings. The van der Waals surface area contributed by atoms with Gasteiger partial charge in [-0.3, -0.25) is 14.5 Å². The summed E-state index contributed by atoms with van der Waals surface area (Å²) in [5, 5.41) is 15.2. The van der Waals surface area contributed by atoms with Crippen molar-refractivity contribution >= 4 is 17.7 Å². The van der Waals surface area contributed by atoms with Crippen LogP contribution in [0.5, 0.6) is 0 Å². The molecule has 0 spiro atoms. The Morgan fingerprint density at radius 1 is 1.39 bits per heavy atom. The molecule has 0 aromatic carbocycles. The maximum atomic E-state index is 11.9. The van der Waals surface area contributed by atoms with E-state index >= 15 is 0 Å². The molecule has 0 aliphatic rings. The van der Waals surface area contributed by atoms with Gasteiger partial charge < -0.3 is 10.4 Å². The summed E-state index contributed by atoms with van der Waals surface area (Å²) in [6, 6.07) is 3.20. The SMILES string of the molecule is Cn1ncc(C(=O)O)c1NC(=O)c1cccnc1. The lowest BCUT2D eigenvalue weighted by Crippen LogP contribution is -2.16. The normalized spacial score (nSPS) is 10.1. The lowest BCUT2D eigenvalue weighted by Gasteiger charge is -2.06. The minimum absolute atomic E-state index is 0.0604.